The molecule has 1 fully saturated rings. The molecule has 1 saturated heterocycles. The van der Waals surface area contributed by atoms with Gasteiger partial charge in [-0.05, 0) is 38.8 Å². The van der Waals surface area contributed by atoms with Gasteiger partial charge in [-0.1, -0.05) is 0 Å². The lowest BCUT2D eigenvalue weighted by Gasteiger charge is -2.34. The molecule has 0 aromatic rings. The predicted molar refractivity (Wildman–Crippen MR) is 78.3 cm³/mol. The van der Waals surface area contributed by atoms with E-state index < -0.39 is 6.04 Å². The number of β-amino-alcohol motifs (C(OH)–C–C–N with tert-alkyl or cyclic N) is 1. The van der Waals surface area contributed by atoms with Gasteiger partial charge in [0.15, 0.2) is 0 Å². The van der Waals surface area contributed by atoms with Crippen molar-refractivity contribution in [2.75, 3.05) is 46.9 Å². The largest absolute Gasteiger partial charge is 0.392 e. The summed E-state index contributed by atoms with van der Waals surface area (Å²) in [5.74, 6) is 0.460. The molecule has 0 saturated carbocycles. The quantitative estimate of drug-likeness (QED) is 0.661. The molecule has 0 aliphatic carbocycles. The SMILES string of the molecule is COCC(N)C(=O)N(C)CC1CCN(CC(C)O)CC1. The number of likely N-dealkylation sites (N-methyl/N-ethyl adjacent to an activating group) is 1. The molecule has 20 heavy (non-hydrogen) atoms. The number of aliphatic hydroxyl groups is 1. The van der Waals surface area contributed by atoms with E-state index in [-0.39, 0.29) is 18.6 Å². The van der Waals surface area contributed by atoms with Crippen LogP contribution in [-0.2, 0) is 9.53 Å². The third-order valence-electron chi connectivity index (χ3n) is 3.80. The topological polar surface area (TPSA) is 79.0 Å². The van der Waals surface area contributed by atoms with Crippen LogP contribution in [0.4, 0.5) is 0 Å². The summed E-state index contributed by atoms with van der Waals surface area (Å²) >= 11 is 0. The smallest absolute Gasteiger partial charge is 0.241 e. The molecule has 1 amide bonds. The molecule has 0 aromatic carbocycles. The summed E-state index contributed by atoms with van der Waals surface area (Å²) in [4.78, 5) is 16.0. The lowest BCUT2D eigenvalue weighted by atomic mass is 9.96. The van der Waals surface area contributed by atoms with Crippen molar-refractivity contribution in [2.45, 2.75) is 31.9 Å². The number of hydrogen-bond acceptors (Lipinski definition) is 5. The Labute approximate surface area is 121 Å². The summed E-state index contributed by atoms with van der Waals surface area (Å²) in [6.07, 6.45) is 1.84. The van der Waals surface area contributed by atoms with Gasteiger partial charge in [-0.15, -0.1) is 0 Å². The molecule has 0 spiro atoms. The molecule has 0 radical (unpaired) electrons. The summed E-state index contributed by atoms with van der Waals surface area (Å²) in [7, 11) is 3.35. The van der Waals surface area contributed by atoms with Crippen LogP contribution in [0.5, 0.6) is 0 Å². The van der Waals surface area contributed by atoms with Crippen LogP contribution in [0.1, 0.15) is 19.8 Å². The molecular weight excluding hydrogens is 258 g/mol. The Bertz CT molecular complexity index is 291. The minimum Gasteiger partial charge on any atom is -0.392 e. The maximum absolute atomic E-state index is 12.0. The van der Waals surface area contributed by atoms with E-state index in [0.29, 0.717) is 5.92 Å². The highest BCUT2D eigenvalue weighted by Crippen LogP contribution is 2.18. The van der Waals surface area contributed by atoms with Crippen LogP contribution < -0.4 is 5.73 Å². The van der Waals surface area contributed by atoms with Crippen molar-refractivity contribution in [3.63, 3.8) is 0 Å². The van der Waals surface area contributed by atoms with Crippen molar-refractivity contribution in [1.82, 2.24) is 9.80 Å². The van der Waals surface area contributed by atoms with Crippen LogP contribution in [-0.4, -0.2) is 79.9 Å². The predicted octanol–water partition coefficient (Wildman–Crippen LogP) is -0.489. The molecular formula is C14H29N3O3. The standard InChI is InChI=1S/C14H29N3O3/c1-11(18)8-17-6-4-12(5-7-17)9-16(2)14(19)13(15)10-20-3/h11-13,18H,4-10,15H2,1-3H3. The van der Waals surface area contributed by atoms with Crippen molar-refractivity contribution in [3.8, 4) is 0 Å². The highest BCUT2D eigenvalue weighted by atomic mass is 16.5. The molecule has 0 bridgehead atoms. The molecule has 6 heteroatoms. The molecule has 1 rings (SSSR count). The lowest BCUT2D eigenvalue weighted by Crippen LogP contribution is -2.47. The average molecular weight is 287 g/mol. The number of carbonyl (C=O) groups is 1. The number of aliphatic hydroxyl groups excluding tert-OH is 1. The molecule has 1 heterocycles. The Hall–Kier alpha value is -0.690. The molecule has 1 aliphatic heterocycles. The number of amides is 1. The van der Waals surface area contributed by atoms with E-state index in [9.17, 15) is 9.90 Å². The maximum Gasteiger partial charge on any atom is 0.241 e. The molecule has 118 valence electrons. The Kier molecular flexibility index (Phi) is 7.43. The second kappa shape index (κ2) is 8.56. The van der Waals surface area contributed by atoms with E-state index in [4.69, 9.17) is 10.5 Å². The first-order chi connectivity index (χ1) is 9.43. The van der Waals surface area contributed by atoms with Crippen molar-refractivity contribution < 1.29 is 14.6 Å². The van der Waals surface area contributed by atoms with Crippen LogP contribution in [0.25, 0.3) is 0 Å². The number of hydrogen-bond donors (Lipinski definition) is 2. The third kappa shape index (κ3) is 5.75. The Morgan fingerprint density at radius 2 is 2.10 bits per heavy atom. The van der Waals surface area contributed by atoms with Gasteiger partial charge in [0.05, 0.1) is 12.7 Å². The fraction of sp³-hybridized carbons (Fsp3) is 0.929. The number of likely N-dealkylation sites (tertiary alicyclic amines) is 1. The van der Waals surface area contributed by atoms with Crippen LogP contribution in [0, 0.1) is 5.92 Å². The van der Waals surface area contributed by atoms with Crippen molar-refractivity contribution in [3.05, 3.63) is 0 Å². The van der Waals surface area contributed by atoms with E-state index >= 15 is 0 Å². The van der Waals surface area contributed by atoms with E-state index in [1.807, 2.05) is 6.92 Å². The number of nitrogens with zero attached hydrogens (tertiary/aromatic N) is 2. The first-order valence-corrected chi connectivity index (χ1v) is 7.34. The van der Waals surface area contributed by atoms with Gasteiger partial charge in [0, 0.05) is 27.2 Å². The van der Waals surface area contributed by atoms with E-state index in [1.54, 1.807) is 19.1 Å². The van der Waals surface area contributed by atoms with Crippen LogP contribution in [0.3, 0.4) is 0 Å². The number of methoxy groups -OCH3 is 1. The van der Waals surface area contributed by atoms with E-state index in [0.717, 1.165) is 39.0 Å². The van der Waals surface area contributed by atoms with Crippen LogP contribution in [0.2, 0.25) is 0 Å². The highest BCUT2D eigenvalue weighted by Gasteiger charge is 2.24. The first kappa shape index (κ1) is 17.4. The fourth-order valence-corrected chi connectivity index (χ4v) is 2.74. The molecule has 6 nitrogen and oxygen atoms in total. The van der Waals surface area contributed by atoms with Gasteiger partial charge in [-0.25, -0.2) is 0 Å². The van der Waals surface area contributed by atoms with Crippen LogP contribution >= 0.6 is 0 Å². The zero-order chi connectivity index (χ0) is 15.1. The van der Waals surface area contributed by atoms with Crippen molar-refractivity contribution >= 4 is 5.91 Å². The van der Waals surface area contributed by atoms with Gasteiger partial charge in [0.25, 0.3) is 0 Å². The number of rotatable bonds is 7. The summed E-state index contributed by atoms with van der Waals surface area (Å²) in [6.45, 7) is 5.54. The first-order valence-electron chi connectivity index (χ1n) is 7.34. The zero-order valence-corrected chi connectivity index (χ0v) is 12.9. The molecule has 1 aliphatic rings. The Morgan fingerprint density at radius 1 is 1.50 bits per heavy atom. The molecule has 0 aromatic heterocycles. The van der Waals surface area contributed by atoms with Crippen LogP contribution in [0.15, 0.2) is 0 Å². The number of ether oxygens (including phenoxy) is 1. The zero-order valence-electron chi connectivity index (χ0n) is 12.9. The summed E-state index contributed by atoms with van der Waals surface area (Å²) < 4.78 is 4.91. The minimum atomic E-state index is -0.569. The molecule has 2 atom stereocenters. The molecule has 2 unspecified atom stereocenters. The third-order valence-corrected chi connectivity index (χ3v) is 3.80. The summed E-state index contributed by atoms with van der Waals surface area (Å²) in [5.41, 5.74) is 5.76. The fourth-order valence-electron chi connectivity index (χ4n) is 2.74. The van der Waals surface area contributed by atoms with Gasteiger partial charge in [0.1, 0.15) is 6.04 Å². The lowest BCUT2D eigenvalue weighted by molar-refractivity contribution is -0.133. The van der Waals surface area contributed by atoms with Gasteiger partial charge < -0.3 is 25.4 Å². The molecule has 3 N–H and O–H groups in total. The Morgan fingerprint density at radius 3 is 2.60 bits per heavy atom. The van der Waals surface area contributed by atoms with Gasteiger partial charge in [0.2, 0.25) is 5.91 Å². The average Bonchev–Trinajstić information content (AvgIpc) is 2.39. The van der Waals surface area contributed by atoms with E-state index in [2.05, 4.69) is 4.90 Å². The Balaban J connectivity index is 2.30. The van der Waals surface area contributed by atoms with Gasteiger partial charge in [-0.3, -0.25) is 4.79 Å². The second-order valence-corrected chi connectivity index (χ2v) is 5.87. The minimum absolute atomic E-state index is 0.0572. The van der Waals surface area contributed by atoms with Gasteiger partial charge in [-0.2, -0.15) is 0 Å². The highest BCUT2D eigenvalue weighted by molar-refractivity contribution is 5.81. The maximum atomic E-state index is 12.0. The number of piperidine rings is 1. The monoisotopic (exact) mass is 287 g/mol. The van der Waals surface area contributed by atoms with E-state index in [1.165, 1.54) is 0 Å². The number of nitrogens with two attached hydrogens (primary N) is 1. The number of carbonyl (C=O) groups excluding carboxylic acids is 1. The van der Waals surface area contributed by atoms with Crippen molar-refractivity contribution in [2.24, 2.45) is 11.7 Å². The normalized spacial score (nSPS) is 20.6. The van der Waals surface area contributed by atoms with Crippen molar-refractivity contribution in [1.29, 1.82) is 0 Å². The second-order valence-electron chi connectivity index (χ2n) is 5.87. The summed E-state index contributed by atoms with van der Waals surface area (Å²) in [6, 6.07) is -0.569. The summed E-state index contributed by atoms with van der Waals surface area (Å²) in [5, 5.41) is 9.38. The van der Waals surface area contributed by atoms with Gasteiger partial charge >= 0.3 is 0 Å².